The molecule has 2 aliphatic rings. The van der Waals surface area contributed by atoms with E-state index in [4.69, 9.17) is 28.3 Å². The van der Waals surface area contributed by atoms with E-state index in [0.29, 0.717) is 22.3 Å². The van der Waals surface area contributed by atoms with Crippen LogP contribution < -0.4 is 0 Å². The van der Waals surface area contributed by atoms with Crippen LogP contribution in [-0.4, -0.2) is 21.8 Å². The van der Waals surface area contributed by atoms with E-state index in [0.717, 1.165) is 39.1 Å². The van der Waals surface area contributed by atoms with Gasteiger partial charge in [0.1, 0.15) is 0 Å². The van der Waals surface area contributed by atoms with Gasteiger partial charge in [-0.3, -0.25) is 4.79 Å². The Bertz CT molecular complexity index is 1250. The highest BCUT2D eigenvalue weighted by Gasteiger charge is 2.36. The second-order valence-corrected chi connectivity index (χ2v) is 9.26. The third-order valence-corrected chi connectivity index (χ3v) is 6.56. The summed E-state index contributed by atoms with van der Waals surface area (Å²) in [4.78, 5) is 17.4. The van der Waals surface area contributed by atoms with Crippen LogP contribution in [0.3, 0.4) is 0 Å². The molecule has 0 saturated heterocycles. The topological polar surface area (TPSA) is 45.0 Å². The Balaban J connectivity index is 1.56. The molecule has 0 bridgehead atoms. The molecule has 1 atom stereocenters. The minimum absolute atomic E-state index is 0.0960. The van der Waals surface area contributed by atoms with Crippen LogP contribution in [-0.2, 0) is 0 Å². The molecule has 0 aliphatic carbocycles. The van der Waals surface area contributed by atoms with E-state index in [2.05, 4.69) is 4.99 Å². The molecule has 3 aromatic carbocycles. The van der Waals surface area contributed by atoms with Crippen LogP contribution in [0.4, 0.5) is 4.79 Å². The van der Waals surface area contributed by atoms with Crippen molar-refractivity contribution in [3.05, 3.63) is 111 Å². The van der Waals surface area contributed by atoms with Crippen molar-refractivity contribution in [2.24, 2.45) is 10.1 Å². The van der Waals surface area contributed by atoms with Crippen molar-refractivity contribution in [3.63, 3.8) is 0 Å². The molecular weight excluding hydrogens is 461 g/mol. The number of hydrogen-bond donors (Lipinski definition) is 0. The minimum atomic E-state index is -0.251. The smallest absolute Gasteiger partial charge is 0.259 e. The lowest BCUT2D eigenvalue weighted by Gasteiger charge is -2.24. The van der Waals surface area contributed by atoms with Crippen LogP contribution in [0.2, 0.25) is 10.0 Å². The fourth-order valence-electron chi connectivity index (χ4n) is 3.73. The molecule has 3 aromatic rings. The maximum Gasteiger partial charge on any atom is 0.311 e. The Morgan fingerprint density at radius 2 is 1.56 bits per heavy atom. The normalized spacial score (nSPS) is 19.4. The standard InChI is InChI=1S/C25H17Cl2N3OS/c26-19-10-6-16(7-11-19)14-23-24(28-25(31)32-23)30-22(18-8-12-20(27)13-9-18)15-21(29-30)17-4-2-1-3-5-17/h1-14,22H,15H2/b23-14-. The van der Waals surface area contributed by atoms with Gasteiger partial charge in [-0.05, 0) is 58.8 Å². The number of benzene rings is 3. The van der Waals surface area contributed by atoms with Crippen LogP contribution in [0.15, 0.2) is 93.9 Å². The minimum Gasteiger partial charge on any atom is -0.259 e. The van der Waals surface area contributed by atoms with Crippen LogP contribution in [0.25, 0.3) is 6.08 Å². The van der Waals surface area contributed by atoms with Gasteiger partial charge in [-0.15, -0.1) is 0 Å². The van der Waals surface area contributed by atoms with Crippen LogP contribution >= 0.6 is 35.0 Å². The van der Waals surface area contributed by atoms with E-state index < -0.39 is 0 Å². The molecule has 7 heteroatoms. The summed E-state index contributed by atoms with van der Waals surface area (Å²) in [5.41, 5.74) is 3.99. The molecule has 2 heterocycles. The van der Waals surface area contributed by atoms with Gasteiger partial charge in [0.25, 0.3) is 0 Å². The highest BCUT2D eigenvalue weighted by Crippen LogP contribution is 2.39. The number of hydrazone groups is 1. The first-order valence-electron chi connectivity index (χ1n) is 10.0. The number of hydrogen-bond acceptors (Lipinski definition) is 4. The Morgan fingerprint density at radius 3 is 2.25 bits per heavy atom. The molecule has 0 fully saturated rings. The maximum absolute atomic E-state index is 12.3. The number of rotatable bonds is 3. The molecule has 0 aromatic heterocycles. The van der Waals surface area contributed by atoms with Crippen molar-refractivity contribution in [2.45, 2.75) is 12.5 Å². The summed E-state index contributed by atoms with van der Waals surface area (Å²) in [7, 11) is 0. The fraction of sp³-hybridized carbons (Fsp3) is 0.0800. The van der Waals surface area contributed by atoms with E-state index in [1.165, 1.54) is 0 Å². The summed E-state index contributed by atoms with van der Waals surface area (Å²) in [5.74, 6) is 0.556. The summed E-state index contributed by atoms with van der Waals surface area (Å²) >= 11 is 13.2. The van der Waals surface area contributed by atoms with Crippen LogP contribution in [0.5, 0.6) is 0 Å². The van der Waals surface area contributed by atoms with Crippen LogP contribution in [0, 0.1) is 0 Å². The Labute approximate surface area is 200 Å². The monoisotopic (exact) mass is 477 g/mol. The van der Waals surface area contributed by atoms with Gasteiger partial charge in [-0.1, -0.05) is 77.8 Å². The maximum atomic E-state index is 12.3. The van der Waals surface area contributed by atoms with E-state index in [1.54, 1.807) is 0 Å². The third kappa shape index (κ3) is 4.37. The molecule has 158 valence electrons. The molecular formula is C25H17Cl2N3OS. The van der Waals surface area contributed by atoms with E-state index in [-0.39, 0.29) is 11.3 Å². The summed E-state index contributed by atoms with van der Waals surface area (Å²) in [6.07, 6.45) is 2.64. The first-order chi connectivity index (χ1) is 15.6. The molecule has 1 amide bonds. The second kappa shape index (κ2) is 8.94. The van der Waals surface area contributed by atoms with Crippen LogP contribution in [0.1, 0.15) is 29.2 Å². The first-order valence-corrected chi connectivity index (χ1v) is 11.6. The lowest BCUT2D eigenvalue weighted by atomic mass is 9.98. The molecule has 0 N–H and O–H groups in total. The number of carbonyl (C=O) groups is 1. The number of halogens is 2. The first kappa shape index (κ1) is 21.0. The zero-order chi connectivity index (χ0) is 22.1. The predicted molar refractivity (Wildman–Crippen MR) is 133 cm³/mol. The molecule has 0 radical (unpaired) electrons. The van der Waals surface area contributed by atoms with Gasteiger partial charge < -0.3 is 0 Å². The SMILES string of the molecule is O=C1N=C(N2N=C(c3ccccc3)CC2c2ccc(Cl)cc2)/C(=C/c2ccc(Cl)cc2)S1. The average molecular weight is 478 g/mol. The van der Waals surface area contributed by atoms with Crippen molar-refractivity contribution in [1.82, 2.24) is 5.01 Å². The number of carbonyl (C=O) groups excluding carboxylic acids is 1. The number of aliphatic imine (C=N–C) groups is 1. The quantitative estimate of drug-likeness (QED) is 0.393. The molecule has 0 saturated carbocycles. The van der Waals surface area contributed by atoms with Gasteiger partial charge in [0.05, 0.1) is 16.7 Å². The number of thioether (sulfide) groups is 1. The summed E-state index contributed by atoms with van der Waals surface area (Å²) in [5, 5.41) is 7.87. The van der Waals surface area contributed by atoms with E-state index in [9.17, 15) is 4.79 Å². The Kier molecular flexibility index (Phi) is 5.87. The molecule has 5 rings (SSSR count). The second-order valence-electron chi connectivity index (χ2n) is 7.39. The number of amides is 1. The summed E-state index contributed by atoms with van der Waals surface area (Å²) < 4.78 is 0. The average Bonchev–Trinajstić information content (AvgIpc) is 3.40. The lowest BCUT2D eigenvalue weighted by molar-refractivity contribution is 0.267. The Morgan fingerprint density at radius 1 is 0.906 bits per heavy atom. The van der Waals surface area contributed by atoms with Gasteiger partial charge in [0.15, 0.2) is 5.84 Å². The Hall–Kier alpha value is -2.86. The van der Waals surface area contributed by atoms with Gasteiger partial charge in [-0.25, -0.2) is 5.01 Å². The highest BCUT2D eigenvalue weighted by molar-refractivity contribution is 8.18. The van der Waals surface area contributed by atoms with Crippen molar-refractivity contribution < 1.29 is 4.79 Å². The van der Waals surface area contributed by atoms with Crippen molar-refractivity contribution in [2.75, 3.05) is 0 Å². The number of nitrogens with zero attached hydrogens (tertiary/aromatic N) is 3. The summed E-state index contributed by atoms with van der Waals surface area (Å²) in [6.45, 7) is 0. The predicted octanol–water partition coefficient (Wildman–Crippen LogP) is 7.45. The highest BCUT2D eigenvalue weighted by atomic mass is 35.5. The molecule has 1 unspecified atom stereocenters. The van der Waals surface area contributed by atoms with E-state index in [1.807, 2.05) is 89.9 Å². The molecule has 32 heavy (non-hydrogen) atoms. The van der Waals surface area contributed by atoms with Gasteiger partial charge in [0.2, 0.25) is 0 Å². The fourth-order valence-corrected chi connectivity index (χ4v) is 4.73. The van der Waals surface area contributed by atoms with Crippen molar-refractivity contribution in [3.8, 4) is 0 Å². The molecule has 2 aliphatic heterocycles. The van der Waals surface area contributed by atoms with E-state index >= 15 is 0 Å². The zero-order valence-electron chi connectivity index (χ0n) is 16.8. The summed E-state index contributed by atoms with van der Waals surface area (Å²) in [6, 6.07) is 25.2. The molecule has 4 nitrogen and oxygen atoms in total. The number of amidine groups is 1. The van der Waals surface area contributed by atoms with Gasteiger partial charge in [-0.2, -0.15) is 10.1 Å². The van der Waals surface area contributed by atoms with Gasteiger partial charge >= 0.3 is 5.24 Å². The largest absolute Gasteiger partial charge is 0.311 e. The lowest BCUT2D eigenvalue weighted by Crippen LogP contribution is -2.26. The molecule has 0 spiro atoms. The van der Waals surface area contributed by atoms with Crippen molar-refractivity contribution >= 4 is 57.8 Å². The van der Waals surface area contributed by atoms with Gasteiger partial charge in [0, 0.05) is 16.5 Å². The third-order valence-electron chi connectivity index (χ3n) is 5.27. The van der Waals surface area contributed by atoms with Crippen molar-refractivity contribution in [1.29, 1.82) is 0 Å². The zero-order valence-corrected chi connectivity index (χ0v) is 19.1.